The summed E-state index contributed by atoms with van der Waals surface area (Å²) in [7, 11) is 0. The van der Waals surface area contributed by atoms with Gasteiger partial charge in [-0.3, -0.25) is 16.3 Å². The Morgan fingerprint density at radius 3 is 2.70 bits per heavy atom. The van der Waals surface area contributed by atoms with E-state index in [1.807, 2.05) is 18.3 Å². The van der Waals surface area contributed by atoms with Crippen molar-refractivity contribution in [1.29, 1.82) is 0 Å². The van der Waals surface area contributed by atoms with Gasteiger partial charge in [-0.1, -0.05) is 30.7 Å². The summed E-state index contributed by atoms with van der Waals surface area (Å²) in [4.78, 5) is 4.40. The molecule has 1 aromatic heterocycles. The molecule has 3 N–H and O–H groups in total. The maximum Gasteiger partial charge on any atom is 0.141 e. The summed E-state index contributed by atoms with van der Waals surface area (Å²) in [6, 6.07) is 8.47. The lowest BCUT2D eigenvalue weighted by molar-refractivity contribution is 0.543. The summed E-state index contributed by atoms with van der Waals surface area (Å²) >= 11 is 5.80. The van der Waals surface area contributed by atoms with E-state index in [0.717, 1.165) is 17.7 Å². The van der Waals surface area contributed by atoms with Crippen LogP contribution in [-0.2, 0) is 12.8 Å². The molecule has 0 fully saturated rings. The van der Waals surface area contributed by atoms with Gasteiger partial charge >= 0.3 is 0 Å². The predicted octanol–water partition coefficient (Wildman–Crippen LogP) is 3.18. The van der Waals surface area contributed by atoms with Gasteiger partial charge in [-0.05, 0) is 35.7 Å². The van der Waals surface area contributed by atoms with Crippen molar-refractivity contribution < 1.29 is 4.39 Å². The molecule has 0 bridgehead atoms. The van der Waals surface area contributed by atoms with Crippen LogP contribution in [0.5, 0.6) is 0 Å². The van der Waals surface area contributed by atoms with Crippen LogP contribution in [0.1, 0.15) is 29.8 Å². The number of halogens is 2. The van der Waals surface area contributed by atoms with Gasteiger partial charge in [0, 0.05) is 18.3 Å². The SMILES string of the molecule is CCc1ccc(CC(NN)c2ccc(F)c(Cl)c2)nc1. The molecule has 2 rings (SSSR count). The summed E-state index contributed by atoms with van der Waals surface area (Å²) in [5.41, 5.74) is 5.67. The molecule has 0 saturated heterocycles. The van der Waals surface area contributed by atoms with Crippen LogP contribution in [0.2, 0.25) is 5.02 Å². The van der Waals surface area contributed by atoms with E-state index in [2.05, 4.69) is 17.3 Å². The van der Waals surface area contributed by atoms with Gasteiger partial charge in [0.05, 0.1) is 11.1 Å². The Morgan fingerprint density at radius 1 is 1.35 bits per heavy atom. The highest BCUT2D eigenvalue weighted by molar-refractivity contribution is 6.30. The topological polar surface area (TPSA) is 50.9 Å². The number of nitrogens with two attached hydrogens (primary N) is 1. The largest absolute Gasteiger partial charge is 0.271 e. The van der Waals surface area contributed by atoms with Gasteiger partial charge in [0.1, 0.15) is 5.82 Å². The molecular weight excluding hydrogens is 277 g/mol. The molecule has 1 aromatic carbocycles. The van der Waals surface area contributed by atoms with Crippen LogP contribution in [0.15, 0.2) is 36.5 Å². The standard InChI is InChI=1S/C15H17ClFN3/c1-2-10-3-5-12(19-9-10)8-15(20-18)11-4-6-14(17)13(16)7-11/h3-7,9,15,20H,2,8,18H2,1H3. The van der Waals surface area contributed by atoms with E-state index in [4.69, 9.17) is 17.4 Å². The molecular formula is C15H17ClFN3. The van der Waals surface area contributed by atoms with E-state index in [1.54, 1.807) is 12.1 Å². The molecule has 0 amide bonds. The molecule has 5 heteroatoms. The summed E-state index contributed by atoms with van der Waals surface area (Å²) in [5, 5.41) is 0.0945. The third-order valence-electron chi connectivity index (χ3n) is 3.25. The Balaban J connectivity index is 2.16. The lowest BCUT2D eigenvalue weighted by atomic mass is 10.0. The van der Waals surface area contributed by atoms with Crippen LogP contribution in [0.25, 0.3) is 0 Å². The van der Waals surface area contributed by atoms with Crippen molar-refractivity contribution in [2.75, 3.05) is 0 Å². The van der Waals surface area contributed by atoms with Gasteiger partial charge in [-0.15, -0.1) is 0 Å². The van der Waals surface area contributed by atoms with Gasteiger partial charge in [-0.25, -0.2) is 4.39 Å². The van der Waals surface area contributed by atoms with Gasteiger partial charge in [0.25, 0.3) is 0 Å². The van der Waals surface area contributed by atoms with Crippen LogP contribution < -0.4 is 11.3 Å². The lowest BCUT2D eigenvalue weighted by Crippen LogP contribution is -2.29. The van der Waals surface area contributed by atoms with E-state index < -0.39 is 5.82 Å². The summed E-state index contributed by atoms with van der Waals surface area (Å²) in [5.74, 6) is 5.15. The van der Waals surface area contributed by atoms with E-state index in [9.17, 15) is 4.39 Å². The smallest absolute Gasteiger partial charge is 0.141 e. The zero-order valence-electron chi connectivity index (χ0n) is 11.2. The molecule has 1 heterocycles. The first-order chi connectivity index (χ1) is 9.63. The maximum atomic E-state index is 13.2. The molecule has 0 aliphatic rings. The third kappa shape index (κ3) is 3.54. The van der Waals surface area contributed by atoms with Crippen LogP contribution >= 0.6 is 11.6 Å². The van der Waals surface area contributed by atoms with Gasteiger partial charge < -0.3 is 0 Å². The number of aromatic nitrogens is 1. The number of aryl methyl sites for hydroxylation is 1. The van der Waals surface area contributed by atoms with Crippen molar-refractivity contribution >= 4 is 11.6 Å². The molecule has 0 spiro atoms. The van der Waals surface area contributed by atoms with E-state index >= 15 is 0 Å². The Bertz CT molecular complexity index is 572. The number of nitrogens with zero attached hydrogens (tertiary/aromatic N) is 1. The average Bonchev–Trinajstić information content (AvgIpc) is 2.48. The second kappa shape index (κ2) is 6.79. The zero-order chi connectivity index (χ0) is 14.5. The van der Waals surface area contributed by atoms with E-state index in [-0.39, 0.29) is 11.1 Å². The molecule has 20 heavy (non-hydrogen) atoms. The van der Waals surface area contributed by atoms with Crippen molar-refractivity contribution in [3.8, 4) is 0 Å². The Hall–Kier alpha value is -1.49. The number of rotatable bonds is 5. The number of pyridine rings is 1. The zero-order valence-corrected chi connectivity index (χ0v) is 12.0. The van der Waals surface area contributed by atoms with Crippen LogP contribution in [0.3, 0.4) is 0 Å². The van der Waals surface area contributed by atoms with Crippen molar-refractivity contribution in [3.63, 3.8) is 0 Å². The fourth-order valence-corrected chi connectivity index (χ4v) is 2.19. The fraction of sp³-hybridized carbons (Fsp3) is 0.267. The van der Waals surface area contributed by atoms with Gasteiger partial charge in [-0.2, -0.15) is 0 Å². The van der Waals surface area contributed by atoms with E-state index in [0.29, 0.717) is 6.42 Å². The first kappa shape index (κ1) is 14.9. The average molecular weight is 294 g/mol. The number of hydrogen-bond acceptors (Lipinski definition) is 3. The molecule has 0 aliphatic heterocycles. The second-order valence-electron chi connectivity index (χ2n) is 4.61. The third-order valence-corrected chi connectivity index (χ3v) is 3.54. The first-order valence-corrected chi connectivity index (χ1v) is 6.86. The number of hydrazine groups is 1. The quantitative estimate of drug-likeness (QED) is 0.657. The van der Waals surface area contributed by atoms with Gasteiger partial charge in [0.2, 0.25) is 0 Å². The van der Waals surface area contributed by atoms with Crippen molar-refractivity contribution in [3.05, 3.63) is 64.2 Å². The fourth-order valence-electron chi connectivity index (χ4n) is 2.00. The summed E-state index contributed by atoms with van der Waals surface area (Å²) < 4.78 is 13.2. The predicted molar refractivity (Wildman–Crippen MR) is 78.8 cm³/mol. The van der Waals surface area contributed by atoms with Crippen molar-refractivity contribution in [1.82, 2.24) is 10.4 Å². The minimum atomic E-state index is -0.434. The molecule has 106 valence electrons. The highest BCUT2D eigenvalue weighted by Crippen LogP contribution is 2.22. The Labute approximate surface area is 122 Å². The monoisotopic (exact) mass is 293 g/mol. The minimum absolute atomic E-state index is 0.0945. The minimum Gasteiger partial charge on any atom is -0.271 e. The van der Waals surface area contributed by atoms with Crippen LogP contribution in [-0.4, -0.2) is 4.98 Å². The molecule has 0 radical (unpaired) electrons. The number of hydrogen-bond donors (Lipinski definition) is 2. The normalized spacial score (nSPS) is 12.4. The summed E-state index contributed by atoms with van der Waals surface area (Å²) in [6.07, 6.45) is 3.43. The van der Waals surface area contributed by atoms with Crippen LogP contribution in [0.4, 0.5) is 4.39 Å². The lowest BCUT2D eigenvalue weighted by Gasteiger charge is -2.16. The molecule has 3 nitrogen and oxygen atoms in total. The Morgan fingerprint density at radius 2 is 2.15 bits per heavy atom. The highest BCUT2D eigenvalue weighted by atomic mass is 35.5. The number of benzene rings is 1. The highest BCUT2D eigenvalue weighted by Gasteiger charge is 2.13. The van der Waals surface area contributed by atoms with Crippen LogP contribution in [0, 0.1) is 5.82 Å². The number of nitrogens with one attached hydrogen (secondary N) is 1. The maximum absolute atomic E-state index is 13.2. The van der Waals surface area contributed by atoms with Crippen molar-refractivity contribution in [2.45, 2.75) is 25.8 Å². The molecule has 0 saturated carbocycles. The molecule has 2 aromatic rings. The summed E-state index contributed by atoms with van der Waals surface area (Å²) in [6.45, 7) is 2.08. The molecule has 0 aliphatic carbocycles. The molecule has 1 atom stereocenters. The molecule has 1 unspecified atom stereocenters. The Kier molecular flexibility index (Phi) is 5.06. The second-order valence-corrected chi connectivity index (χ2v) is 5.02. The van der Waals surface area contributed by atoms with Gasteiger partial charge in [0.15, 0.2) is 0 Å². The van der Waals surface area contributed by atoms with E-state index in [1.165, 1.54) is 11.6 Å². The van der Waals surface area contributed by atoms with Crippen molar-refractivity contribution in [2.24, 2.45) is 5.84 Å². The first-order valence-electron chi connectivity index (χ1n) is 6.49.